The smallest absolute Gasteiger partial charge is 0.156 e. The van der Waals surface area contributed by atoms with E-state index >= 15 is 0 Å². The highest BCUT2D eigenvalue weighted by atomic mass is 16.5. The maximum Gasteiger partial charge on any atom is 0.156 e. The Labute approximate surface area is 130 Å². The molecule has 4 heterocycles. The standard InChI is InChI=1S/C16H21N5O/c1-2-9-20(8-1)11-15-18-16(13-5-10-22-12-13)19-21(15)14-3-6-17-7-4-14/h3-4,6-7,13H,1-2,5,8-12H2/t13-/m0/s1. The first-order valence-electron chi connectivity index (χ1n) is 8.06. The van der Waals surface area contributed by atoms with Crippen molar-refractivity contribution >= 4 is 0 Å². The molecule has 0 bridgehead atoms. The van der Waals surface area contributed by atoms with Crippen LogP contribution in [-0.2, 0) is 11.3 Å². The van der Waals surface area contributed by atoms with Crippen LogP contribution in [0.5, 0.6) is 0 Å². The summed E-state index contributed by atoms with van der Waals surface area (Å²) in [6.07, 6.45) is 7.19. The van der Waals surface area contributed by atoms with Gasteiger partial charge in [-0.15, -0.1) is 0 Å². The van der Waals surface area contributed by atoms with Gasteiger partial charge in [0, 0.05) is 24.9 Å². The summed E-state index contributed by atoms with van der Waals surface area (Å²) < 4.78 is 7.47. The average Bonchev–Trinajstić information content (AvgIpc) is 3.30. The lowest BCUT2D eigenvalue weighted by molar-refractivity contribution is 0.193. The predicted molar refractivity (Wildman–Crippen MR) is 81.8 cm³/mol. The van der Waals surface area contributed by atoms with Crippen molar-refractivity contribution in [1.29, 1.82) is 0 Å². The summed E-state index contributed by atoms with van der Waals surface area (Å²) in [6, 6.07) is 3.97. The summed E-state index contributed by atoms with van der Waals surface area (Å²) in [5.41, 5.74) is 1.03. The van der Waals surface area contributed by atoms with E-state index in [-0.39, 0.29) is 0 Å². The van der Waals surface area contributed by atoms with Crippen molar-refractivity contribution in [3.63, 3.8) is 0 Å². The van der Waals surface area contributed by atoms with Crippen molar-refractivity contribution in [2.24, 2.45) is 0 Å². The zero-order valence-electron chi connectivity index (χ0n) is 12.7. The molecule has 2 aliphatic rings. The average molecular weight is 299 g/mol. The number of pyridine rings is 1. The zero-order chi connectivity index (χ0) is 14.8. The second-order valence-electron chi connectivity index (χ2n) is 6.05. The largest absolute Gasteiger partial charge is 0.381 e. The fourth-order valence-corrected chi connectivity index (χ4v) is 3.21. The third-order valence-electron chi connectivity index (χ3n) is 4.46. The van der Waals surface area contributed by atoms with E-state index in [0.29, 0.717) is 5.92 Å². The Balaban J connectivity index is 1.66. The second-order valence-corrected chi connectivity index (χ2v) is 6.05. The van der Waals surface area contributed by atoms with Gasteiger partial charge in [0.2, 0.25) is 0 Å². The van der Waals surface area contributed by atoms with Crippen molar-refractivity contribution in [1.82, 2.24) is 24.6 Å². The number of hydrogen-bond donors (Lipinski definition) is 0. The highest BCUT2D eigenvalue weighted by Crippen LogP contribution is 2.24. The maximum absolute atomic E-state index is 5.49. The van der Waals surface area contributed by atoms with Gasteiger partial charge >= 0.3 is 0 Å². The maximum atomic E-state index is 5.49. The van der Waals surface area contributed by atoms with E-state index in [1.165, 1.54) is 12.8 Å². The Kier molecular flexibility index (Phi) is 3.86. The molecule has 4 rings (SSSR count). The van der Waals surface area contributed by atoms with E-state index in [1.807, 2.05) is 16.8 Å². The predicted octanol–water partition coefficient (Wildman–Crippen LogP) is 1.76. The van der Waals surface area contributed by atoms with Crippen LogP contribution < -0.4 is 0 Å². The minimum absolute atomic E-state index is 0.334. The first kappa shape index (κ1) is 13.8. The van der Waals surface area contributed by atoms with Crippen LogP contribution in [0.25, 0.3) is 5.69 Å². The molecule has 2 fully saturated rings. The summed E-state index contributed by atoms with van der Waals surface area (Å²) in [7, 11) is 0. The van der Waals surface area contributed by atoms with Gasteiger partial charge < -0.3 is 4.74 Å². The minimum atomic E-state index is 0.334. The lowest BCUT2D eigenvalue weighted by Crippen LogP contribution is -2.21. The number of rotatable bonds is 4. The summed E-state index contributed by atoms with van der Waals surface area (Å²) in [6.45, 7) is 4.73. The zero-order valence-corrected chi connectivity index (χ0v) is 12.7. The highest BCUT2D eigenvalue weighted by Gasteiger charge is 2.25. The lowest BCUT2D eigenvalue weighted by Gasteiger charge is -2.14. The van der Waals surface area contributed by atoms with Crippen LogP contribution in [0.3, 0.4) is 0 Å². The summed E-state index contributed by atoms with van der Waals surface area (Å²) in [5, 5.41) is 4.78. The van der Waals surface area contributed by atoms with Gasteiger partial charge in [-0.05, 0) is 44.5 Å². The van der Waals surface area contributed by atoms with Crippen LogP contribution >= 0.6 is 0 Å². The molecule has 22 heavy (non-hydrogen) atoms. The Morgan fingerprint density at radius 1 is 1.18 bits per heavy atom. The molecule has 2 saturated heterocycles. The van der Waals surface area contributed by atoms with Crippen LogP contribution in [0.2, 0.25) is 0 Å². The van der Waals surface area contributed by atoms with E-state index in [0.717, 1.165) is 56.6 Å². The molecule has 2 aromatic rings. The van der Waals surface area contributed by atoms with Crippen molar-refractivity contribution in [3.8, 4) is 5.69 Å². The van der Waals surface area contributed by atoms with E-state index < -0.39 is 0 Å². The molecule has 1 atom stereocenters. The lowest BCUT2D eigenvalue weighted by atomic mass is 10.1. The molecule has 6 heteroatoms. The van der Waals surface area contributed by atoms with E-state index in [1.54, 1.807) is 12.4 Å². The monoisotopic (exact) mass is 299 g/mol. The SMILES string of the molecule is c1cc(-n2nc([C@H]3CCOC3)nc2CN2CCCC2)ccn1. The van der Waals surface area contributed by atoms with Crippen molar-refractivity contribution in [3.05, 3.63) is 36.2 Å². The van der Waals surface area contributed by atoms with Crippen LogP contribution in [0.15, 0.2) is 24.5 Å². The molecule has 0 amide bonds. The molecule has 116 valence electrons. The number of nitrogens with zero attached hydrogens (tertiary/aromatic N) is 5. The van der Waals surface area contributed by atoms with Crippen LogP contribution in [0.1, 0.15) is 36.8 Å². The van der Waals surface area contributed by atoms with Crippen molar-refractivity contribution < 1.29 is 4.74 Å². The first-order valence-corrected chi connectivity index (χ1v) is 8.06. The molecule has 6 nitrogen and oxygen atoms in total. The number of ether oxygens (including phenoxy) is 1. The summed E-state index contributed by atoms with van der Waals surface area (Å²) in [5.74, 6) is 2.28. The fourth-order valence-electron chi connectivity index (χ4n) is 3.21. The molecule has 0 aromatic carbocycles. The topological polar surface area (TPSA) is 56.1 Å². The van der Waals surface area contributed by atoms with Crippen molar-refractivity contribution in [2.75, 3.05) is 26.3 Å². The van der Waals surface area contributed by atoms with Gasteiger partial charge in [-0.1, -0.05) is 0 Å². The number of likely N-dealkylation sites (tertiary alicyclic amines) is 1. The van der Waals surface area contributed by atoms with Gasteiger partial charge in [0.1, 0.15) is 5.82 Å². The Morgan fingerprint density at radius 2 is 2.00 bits per heavy atom. The molecule has 0 radical (unpaired) electrons. The number of hydrogen-bond acceptors (Lipinski definition) is 5. The molecule has 0 aliphatic carbocycles. The van der Waals surface area contributed by atoms with Gasteiger partial charge in [0.05, 0.1) is 18.8 Å². The Bertz CT molecular complexity index is 615. The van der Waals surface area contributed by atoms with Crippen LogP contribution in [0.4, 0.5) is 0 Å². The second kappa shape index (κ2) is 6.14. The van der Waals surface area contributed by atoms with Crippen LogP contribution in [0, 0.1) is 0 Å². The fraction of sp³-hybridized carbons (Fsp3) is 0.562. The number of aromatic nitrogens is 4. The van der Waals surface area contributed by atoms with Gasteiger partial charge in [-0.25, -0.2) is 9.67 Å². The molecule has 2 aliphatic heterocycles. The third-order valence-corrected chi connectivity index (χ3v) is 4.46. The van der Waals surface area contributed by atoms with Gasteiger partial charge in [0.25, 0.3) is 0 Å². The summed E-state index contributed by atoms with van der Waals surface area (Å²) >= 11 is 0. The Morgan fingerprint density at radius 3 is 2.73 bits per heavy atom. The minimum Gasteiger partial charge on any atom is -0.381 e. The molecule has 0 unspecified atom stereocenters. The molecule has 0 saturated carbocycles. The molecule has 0 spiro atoms. The molecular weight excluding hydrogens is 278 g/mol. The van der Waals surface area contributed by atoms with Gasteiger partial charge in [-0.2, -0.15) is 5.10 Å². The van der Waals surface area contributed by atoms with Gasteiger partial charge in [-0.3, -0.25) is 9.88 Å². The van der Waals surface area contributed by atoms with Crippen LogP contribution in [-0.4, -0.2) is 51.0 Å². The normalized spacial score (nSPS) is 22.5. The van der Waals surface area contributed by atoms with Gasteiger partial charge in [0.15, 0.2) is 5.82 Å². The third kappa shape index (κ3) is 2.76. The molecular formula is C16H21N5O. The van der Waals surface area contributed by atoms with E-state index in [9.17, 15) is 0 Å². The summed E-state index contributed by atoms with van der Waals surface area (Å²) in [4.78, 5) is 11.4. The van der Waals surface area contributed by atoms with E-state index in [4.69, 9.17) is 14.8 Å². The highest BCUT2D eigenvalue weighted by molar-refractivity contribution is 5.29. The van der Waals surface area contributed by atoms with Crippen molar-refractivity contribution in [2.45, 2.75) is 31.7 Å². The van der Waals surface area contributed by atoms with E-state index in [2.05, 4.69) is 9.88 Å². The Hall–Kier alpha value is -1.79. The molecule has 0 N–H and O–H groups in total. The molecule has 2 aromatic heterocycles. The quantitative estimate of drug-likeness (QED) is 0.861. The first-order chi connectivity index (χ1) is 10.9.